The van der Waals surface area contributed by atoms with Crippen LogP contribution < -0.4 is 4.74 Å². The largest absolute Gasteiger partial charge is 0.573 e. The van der Waals surface area contributed by atoms with Gasteiger partial charge in [0.2, 0.25) is 0 Å². The number of hydrogen-bond donors (Lipinski definition) is 0. The quantitative estimate of drug-likeness (QED) is 0.833. The first-order chi connectivity index (χ1) is 8.99. The van der Waals surface area contributed by atoms with Gasteiger partial charge in [-0.3, -0.25) is 4.98 Å². The molecule has 19 heavy (non-hydrogen) atoms. The van der Waals surface area contributed by atoms with Gasteiger partial charge in [0.25, 0.3) is 0 Å². The normalized spacial score (nSPS) is 10.8. The summed E-state index contributed by atoms with van der Waals surface area (Å²) in [7, 11) is 0. The van der Waals surface area contributed by atoms with E-state index >= 15 is 0 Å². The Balaban J connectivity index is 2.45. The van der Waals surface area contributed by atoms with E-state index in [2.05, 4.69) is 9.72 Å². The first-order valence-corrected chi connectivity index (χ1v) is 5.20. The number of halogens is 3. The minimum Gasteiger partial charge on any atom is -0.404 e. The van der Waals surface area contributed by atoms with Crippen LogP contribution >= 0.6 is 0 Å². The number of alkyl halides is 3. The molecule has 0 atom stereocenters. The van der Waals surface area contributed by atoms with E-state index in [1.54, 1.807) is 30.5 Å². The predicted octanol–water partition coefficient (Wildman–Crippen LogP) is 3.52. The molecule has 0 N–H and O–H groups in total. The lowest BCUT2D eigenvalue weighted by Gasteiger charge is -2.11. The van der Waals surface area contributed by atoms with Crippen molar-refractivity contribution in [1.29, 1.82) is 5.26 Å². The lowest BCUT2D eigenvalue weighted by molar-refractivity contribution is -0.274. The maximum absolute atomic E-state index is 12.2. The molecule has 0 aliphatic heterocycles. The molecule has 0 bridgehead atoms. The van der Waals surface area contributed by atoms with Crippen LogP contribution in [0.5, 0.6) is 5.75 Å². The van der Waals surface area contributed by atoms with Gasteiger partial charge >= 0.3 is 6.36 Å². The van der Waals surface area contributed by atoms with E-state index < -0.39 is 12.1 Å². The predicted molar refractivity (Wildman–Crippen MR) is 61.1 cm³/mol. The molecule has 6 heteroatoms. The summed E-state index contributed by atoms with van der Waals surface area (Å²) in [4.78, 5) is 3.88. The number of pyridine rings is 1. The summed E-state index contributed by atoms with van der Waals surface area (Å²) in [5.74, 6) is -0.517. The van der Waals surface area contributed by atoms with Crippen LogP contribution in [0.3, 0.4) is 0 Å². The topological polar surface area (TPSA) is 45.9 Å². The molecule has 0 aliphatic carbocycles. The zero-order valence-corrected chi connectivity index (χ0v) is 9.48. The molecule has 0 fully saturated rings. The molecule has 0 saturated carbocycles. The Labute approximate surface area is 106 Å². The number of ether oxygens (including phenoxy) is 1. The fourth-order valence-electron chi connectivity index (χ4n) is 1.54. The second-order valence-corrected chi connectivity index (χ2v) is 3.61. The van der Waals surface area contributed by atoms with Crippen molar-refractivity contribution in [3.05, 3.63) is 48.3 Å². The summed E-state index contributed by atoms with van der Waals surface area (Å²) in [6.45, 7) is 0. The number of nitriles is 1. The molecule has 0 spiro atoms. The van der Waals surface area contributed by atoms with Crippen LogP contribution in [0.2, 0.25) is 0 Å². The smallest absolute Gasteiger partial charge is 0.404 e. The zero-order chi connectivity index (χ0) is 13.9. The van der Waals surface area contributed by atoms with Crippen molar-refractivity contribution in [2.45, 2.75) is 6.36 Å². The lowest BCUT2D eigenvalue weighted by atomic mass is 10.1. The number of aromatic nitrogens is 1. The maximum atomic E-state index is 12.2. The third kappa shape index (κ3) is 3.22. The monoisotopic (exact) mass is 264 g/mol. The molecular formula is C13H7F3N2O. The van der Waals surface area contributed by atoms with E-state index in [0.717, 1.165) is 0 Å². The summed E-state index contributed by atoms with van der Waals surface area (Å²) in [5, 5.41) is 8.77. The van der Waals surface area contributed by atoms with Gasteiger partial charge in [0.15, 0.2) is 0 Å². The molecule has 1 heterocycles. The van der Waals surface area contributed by atoms with Crippen LogP contribution in [-0.2, 0) is 0 Å². The van der Waals surface area contributed by atoms with Crippen LogP contribution in [-0.4, -0.2) is 11.3 Å². The van der Waals surface area contributed by atoms with Crippen LogP contribution in [0.1, 0.15) is 5.56 Å². The van der Waals surface area contributed by atoms with Gasteiger partial charge in [0.05, 0.1) is 5.56 Å². The van der Waals surface area contributed by atoms with E-state index in [4.69, 9.17) is 5.26 Å². The molecule has 1 aromatic heterocycles. The first kappa shape index (κ1) is 12.9. The van der Waals surface area contributed by atoms with Gasteiger partial charge in [-0.05, 0) is 23.8 Å². The fraction of sp³-hybridized carbons (Fsp3) is 0.0769. The van der Waals surface area contributed by atoms with Crippen LogP contribution in [0.4, 0.5) is 13.2 Å². The molecule has 2 rings (SSSR count). The Morgan fingerprint density at radius 1 is 1.16 bits per heavy atom. The third-order valence-corrected chi connectivity index (χ3v) is 2.32. The van der Waals surface area contributed by atoms with Gasteiger partial charge < -0.3 is 4.74 Å². The SMILES string of the molecule is N#Cc1ccc(-c2cccnc2)cc1OC(F)(F)F. The van der Waals surface area contributed by atoms with E-state index in [1.165, 1.54) is 18.3 Å². The summed E-state index contributed by atoms with van der Waals surface area (Å²) >= 11 is 0. The lowest BCUT2D eigenvalue weighted by Crippen LogP contribution is -2.17. The van der Waals surface area contributed by atoms with Gasteiger partial charge in [-0.2, -0.15) is 5.26 Å². The molecule has 2 aromatic rings. The van der Waals surface area contributed by atoms with E-state index in [1.807, 2.05) is 0 Å². The molecule has 0 aliphatic rings. The van der Waals surface area contributed by atoms with Crippen molar-refractivity contribution in [3.8, 4) is 22.9 Å². The summed E-state index contributed by atoms with van der Waals surface area (Å²) in [5.41, 5.74) is 0.954. The Morgan fingerprint density at radius 3 is 2.53 bits per heavy atom. The van der Waals surface area contributed by atoms with Crippen molar-refractivity contribution >= 4 is 0 Å². The van der Waals surface area contributed by atoms with Gasteiger partial charge in [-0.25, -0.2) is 0 Å². The molecule has 0 radical (unpaired) electrons. The zero-order valence-electron chi connectivity index (χ0n) is 9.48. The highest BCUT2D eigenvalue weighted by Crippen LogP contribution is 2.30. The summed E-state index contributed by atoms with van der Waals surface area (Å²) in [6.07, 6.45) is -1.77. The number of rotatable bonds is 2. The van der Waals surface area contributed by atoms with Gasteiger partial charge in [-0.1, -0.05) is 12.1 Å². The molecule has 1 aromatic carbocycles. The minimum absolute atomic E-state index is 0.176. The number of hydrogen-bond acceptors (Lipinski definition) is 3. The Kier molecular flexibility index (Phi) is 3.38. The second-order valence-electron chi connectivity index (χ2n) is 3.61. The van der Waals surface area contributed by atoms with Crippen LogP contribution in [0.25, 0.3) is 11.1 Å². The standard InChI is InChI=1S/C13H7F3N2O/c14-13(15,16)19-12-6-9(3-4-10(12)7-17)11-2-1-5-18-8-11/h1-6,8H. The molecule has 3 nitrogen and oxygen atoms in total. The Bertz CT molecular complexity index is 618. The molecule has 96 valence electrons. The molecule has 0 unspecified atom stereocenters. The van der Waals surface area contributed by atoms with E-state index in [9.17, 15) is 13.2 Å². The van der Waals surface area contributed by atoms with Crippen molar-refractivity contribution < 1.29 is 17.9 Å². The van der Waals surface area contributed by atoms with Crippen LogP contribution in [0.15, 0.2) is 42.7 Å². The first-order valence-electron chi connectivity index (χ1n) is 5.20. The van der Waals surface area contributed by atoms with Gasteiger partial charge in [0, 0.05) is 18.0 Å². The highest BCUT2D eigenvalue weighted by Gasteiger charge is 2.32. The highest BCUT2D eigenvalue weighted by molar-refractivity contribution is 5.66. The van der Waals surface area contributed by atoms with Crippen LogP contribution in [0, 0.1) is 11.3 Å². The van der Waals surface area contributed by atoms with Crippen molar-refractivity contribution in [3.63, 3.8) is 0 Å². The summed E-state index contributed by atoms with van der Waals surface area (Å²) < 4.78 is 40.6. The molecule has 0 saturated heterocycles. The maximum Gasteiger partial charge on any atom is 0.573 e. The fourth-order valence-corrected chi connectivity index (χ4v) is 1.54. The minimum atomic E-state index is -4.83. The van der Waals surface area contributed by atoms with Gasteiger partial charge in [-0.15, -0.1) is 13.2 Å². The molecular weight excluding hydrogens is 257 g/mol. The second kappa shape index (κ2) is 4.98. The molecule has 0 amide bonds. The Morgan fingerprint density at radius 2 is 1.95 bits per heavy atom. The Hall–Kier alpha value is -2.55. The number of nitrogens with zero attached hydrogens (tertiary/aromatic N) is 2. The summed E-state index contributed by atoms with van der Waals surface area (Å²) in [6, 6.07) is 9.01. The average molecular weight is 264 g/mol. The third-order valence-electron chi connectivity index (χ3n) is 2.32. The van der Waals surface area contributed by atoms with Crippen molar-refractivity contribution in [2.24, 2.45) is 0 Å². The number of benzene rings is 1. The van der Waals surface area contributed by atoms with Crippen molar-refractivity contribution in [2.75, 3.05) is 0 Å². The van der Waals surface area contributed by atoms with Crippen molar-refractivity contribution in [1.82, 2.24) is 4.98 Å². The van der Waals surface area contributed by atoms with E-state index in [-0.39, 0.29) is 5.56 Å². The van der Waals surface area contributed by atoms with Gasteiger partial charge in [0.1, 0.15) is 11.8 Å². The average Bonchev–Trinajstić information content (AvgIpc) is 2.38. The highest BCUT2D eigenvalue weighted by atomic mass is 19.4. The van der Waals surface area contributed by atoms with E-state index in [0.29, 0.717) is 11.1 Å².